The SMILES string of the molecule is COC(=O)[C@@H]1[C@H](OCc2ccccc2)C=C(F)C[C@H]1C(=O)OC. The number of carbonyl (C=O) groups is 2. The number of carbonyl (C=O) groups excluding carboxylic acids is 2. The first kappa shape index (κ1) is 17.1. The molecule has 23 heavy (non-hydrogen) atoms. The maximum atomic E-state index is 13.9. The van der Waals surface area contributed by atoms with E-state index in [2.05, 4.69) is 4.74 Å². The summed E-state index contributed by atoms with van der Waals surface area (Å²) in [5, 5.41) is 0. The lowest BCUT2D eigenvalue weighted by atomic mass is 9.80. The normalized spacial score (nSPS) is 23.8. The summed E-state index contributed by atoms with van der Waals surface area (Å²) in [5.41, 5.74) is 0.880. The lowest BCUT2D eigenvalue weighted by Crippen LogP contribution is -2.42. The van der Waals surface area contributed by atoms with Crippen molar-refractivity contribution in [3.8, 4) is 0 Å². The number of halogens is 1. The van der Waals surface area contributed by atoms with E-state index in [0.29, 0.717) is 0 Å². The second-order valence-corrected chi connectivity index (χ2v) is 5.26. The summed E-state index contributed by atoms with van der Waals surface area (Å²) in [6.45, 7) is 0.191. The van der Waals surface area contributed by atoms with Crippen LogP contribution in [0.2, 0.25) is 0 Å². The minimum absolute atomic E-state index is 0.191. The average molecular weight is 322 g/mol. The number of ether oxygens (including phenoxy) is 3. The molecule has 0 saturated heterocycles. The van der Waals surface area contributed by atoms with Crippen LogP contribution in [0.4, 0.5) is 4.39 Å². The van der Waals surface area contributed by atoms with Gasteiger partial charge >= 0.3 is 11.9 Å². The predicted molar refractivity (Wildman–Crippen MR) is 79.8 cm³/mol. The fourth-order valence-corrected chi connectivity index (χ4v) is 2.65. The molecule has 2 rings (SSSR count). The number of methoxy groups -OCH3 is 2. The summed E-state index contributed by atoms with van der Waals surface area (Å²) in [7, 11) is 2.42. The summed E-state index contributed by atoms with van der Waals surface area (Å²) < 4.78 is 29.0. The maximum absolute atomic E-state index is 13.9. The zero-order valence-electron chi connectivity index (χ0n) is 13.0. The third-order valence-corrected chi connectivity index (χ3v) is 3.81. The van der Waals surface area contributed by atoms with Crippen LogP contribution in [0.25, 0.3) is 0 Å². The molecule has 0 aromatic heterocycles. The molecule has 1 aliphatic rings. The smallest absolute Gasteiger partial charge is 0.312 e. The van der Waals surface area contributed by atoms with Gasteiger partial charge in [0.05, 0.1) is 38.7 Å². The molecule has 0 fully saturated rings. The molecule has 0 N–H and O–H groups in total. The molecule has 0 unspecified atom stereocenters. The third-order valence-electron chi connectivity index (χ3n) is 3.81. The highest BCUT2D eigenvalue weighted by molar-refractivity contribution is 5.83. The summed E-state index contributed by atoms with van der Waals surface area (Å²) in [6, 6.07) is 9.28. The Balaban J connectivity index is 2.20. The van der Waals surface area contributed by atoms with Crippen molar-refractivity contribution in [1.82, 2.24) is 0 Å². The Morgan fingerprint density at radius 1 is 1.13 bits per heavy atom. The molecule has 0 heterocycles. The Morgan fingerprint density at radius 3 is 2.39 bits per heavy atom. The first-order valence-corrected chi connectivity index (χ1v) is 7.24. The van der Waals surface area contributed by atoms with Crippen LogP contribution in [-0.4, -0.2) is 32.3 Å². The number of allylic oxidation sites excluding steroid dienone is 1. The van der Waals surface area contributed by atoms with Gasteiger partial charge in [0, 0.05) is 6.42 Å². The van der Waals surface area contributed by atoms with Crippen molar-refractivity contribution in [2.75, 3.05) is 14.2 Å². The van der Waals surface area contributed by atoms with Crippen molar-refractivity contribution < 1.29 is 28.2 Å². The van der Waals surface area contributed by atoms with Crippen LogP contribution < -0.4 is 0 Å². The lowest BCUT2D eigenvalue weighted by Gasteiger charge is -2.31. The van der Waals surface area contributed by atoms with Crippen molar-refractivity contribution in [1.29, 1.82) is 0 Å². The largest absolute Gasteiger partial charge is 0.469 e. The molecule has 6 heteroatoms. The Hall–Kier alpha value is -2.21. The number of esters is 2. The van der Waals surface area contributed by atoms with Gasteiger partial charge in [-0.25, -0.2) is 4.39 Å². The van der Waals surface area contributed by atoms with E-state index in [1.807, 2.05) is 30.3 Å². The van der Waals surface area contributed by atoms with Gasteiger partial charge in [0.25, 0.3) is 0 Å². The minimum atomic E-state index is -0.960. The van der Waals surface area contributed by atoms with Gasteiger partial charge in [-0.15, -0.1) is 0 Å². The first-order valence-electron chi connectivity index (χ1n) is 7.24. The average Bonchev–Trinajstić information content (AvgIpc) is 2.58. The fraction of sp³-hybridized carbons (Fsp3) is 0.412. The number of benzene rings is 1. The van der Waals surface area contributed by atoms with Gasteiger partial charge in [0.2, 0.25) is 0 Å². The van der Waals surface area contributed by atoms with Crippen molar-refractivity contribution in [3.63, 3.8) is 0 Å². The topological polar surface area (TPSA) is 61.8 Å². The summed E-state index contributed by atoms with van der Waals surface area (Å²) >= 11 is 0. The maximum Gasteiger partial charge on any atom is 0.312 e. The Kier molecular flexibility index (Phi) is 5.87. The summed E-state index contributed by atoms with van der Waals surface area (Å²) in [6.07, 6.45) is 0.141. The Labute approximate surface area is 134 Å². The van der Waals surface area contributed by atoms with Gasteiger partial charge in [-0.1, -0.05) is 30.3 Å². The fourth-order valence-electron chi connectivity index (χ4n) is 2.65. The second-order valence-electron chi connectivity index (χ2n) is 5.26. The van der Waals surface area contributed by atoms with E-state index >= 15 is 0 Å². The highest BCUT2D eigenvalue weighted by atomic mass is 19.1. The van der Waals surface area contributed by atoms with E-state index in [0.717, 1.165) is 5.56 Å². The van der Waals surface area contributed by atoms with Crippen LogP contribution in [0.3, 0.4) is 0 Å². The van der Waals surface area contributed by atoms with Crippen LogP contribution in [0.5, 0.6) is 0 Å². The van der Waals surface area contributed by atoms with Crippen LogP contribution >= 0.6 is 0 Å². The quantitative estimate of drug-likeness (QED) is 0.779. The van der Waals surface area contributed by atoms with E-state index < -0.39 is 35.7 Å². The van der Waals surface area contributed by atoms with Crippen LogP contribution in [-0.2, 0) is 30.4 Å². The van der Waals surface area contributed by atoms with E-state index in [9.17, 15) is 14.0 Å². The lowest BCUT2D eigenvalue weighted by molar-refractivity contribution is -0.164. The van der Waals surface area contributed by atoms with Crippen LogP contribution in [0.15, 0.2) is 42.2 Å². The third kappa shape index (κ3) is 4.16. The molecule has 3 atom stereocenters. The monoisotopic (exact) mass is 322 g/mol. The van der Waals surface area contributed by atoms with Crippen LogP contribution in [0, 0.1) is 11.8 Å². The summed E-state index contributed by atoms with van der Waals surface area (Å²) in [4.78, 5) is 23.9. The molecular formula is C17H19FO5. The molecule has 0 spiro atoms. The zero-order chi connectivity index (χ0) is 16.8. The van der Waals surface area contributed by atoms with Crippen molar-refractivity contribution in [3.05, 3.63) is 47.8 Å². The molecule has 5 nitrogen and oxygen atoms in total. The van der Waals surface area contributed by atoms with Gasteiger partial charge in [0.1, 0.15) is 5.92 Å². The van der Waals surface area contributed by atoms with Gasteiger partial charge in [-0.2, -0.15) is 0 Å². The van der Waals surface area contributed by atoms with E-state index in [1.165, 1.54) is 20.3 Å². The second kappa shape index (κ2) is 7.87. The number of hydrogen-bond acceptors (Lipinski definition) is 5. The molecule has 0 aliphatic heterocycles. The van der Waals surface area contributed by atoms with Gasteiger partial charge in [-0.3, -0.25) is 9.59 Å². The molecule has 1 aromatic carbocycles. The van der Waals surface area contributed by atoms with Crippen molar-refractivity contribution in [2.45, 2.75) is 19.1 Å². The molecular weight excluding hydrogens is 303 g/mol. The molecule has 0 saturated carbocycles. The van der Waals surface area contributed by atoms with E-state index in [-0.39, 0.29) is 13.0 Å². The number of hydrogen-bond donors (Lipinski definition) is 0. The van der Waals surface area contributed by atoms with Gasteiger partial charge in [0.15, 0.2) is 0 Å². The van der Waals surface area contributed by atoms with Gasteiger partial charge < -0.3 is 14.2 Å². The Morgan fingerprint density at radius 2 is 1.78 bits per heavy atom. The van der Waals surface area contributed by atoms with Crippen molar-refractivity contribution >= 4 is 11.9 Å². The molecule has 0 amide bonds. The molecule has 124 valence electrons. The van der Waals surface area contributed by atoms with E-state index in [1.54, 1.807) is 0 Å². The molecule has 0 radical (unpaired) electrons. The molecule has 1 aliphatic carbocycles. The summed E-state index contributed by atoms with van der Waals surface area (Å²) in [5.74, 6) is -3.67. The standard InChI is InChI=1S/C17H19FO5/c1-21-16(19)13-8-12(18)9-14(15(13)17(20)22-2)23-10-11-6-4-3-5-7-11/h3-7,9,13-15H,8,10H2,1-2H3/t13-,14-,15+/m1/s1. The first-order chi connectivity index (χ1) is 11.1. The zero-order valence-corrected chi connectivity index (χ0v) is 13.0. The Bertz CT molecular complexity index is 584. The highest BCUT2D eigenvalue weighted by Crippen LogP contribution is 2.34. The van der Waals surface area contributed by atoms with Crippen molar-refractivity contribution in [2.24, 2.45) is 11.8 Å². The van der Waals surface area contributed by atoms with Crippen LogP contribution in [0.1, 0.15) is 12.0 Å². The van der Waals surface area contributed by atoms with E-state index in [4.69, 9.17) is 9.47 Å². The van der Waals surface area contributed by atoms with Gasteiger partial charge in [-0.05, 0) is 11.6 Å². The molecule has 0 bridgehead atoms. The highest BCUT2D eigenvalue weighted by Gasteiger charge is 2.44. The number of rotatable bonds is 5. The molecule has 1 aromatic rings. The predicted octanol–water partition coefficient (Wildman–Crippen LogP) is 2.41. The minimum Gasteiger partial charge on any atom is -0.469 e.